The largest absolute Gasteiger partial charge is 0.379 e. The molecule has 96 valence electrons. The lowest BCUT2D eigenvalue weighted by Crippen LogP contribution is -1.99. The average Bonchev–Trinajstić information content (AvgIpc) is 3.08. The van der Waals surface area contributed by atoms with Gasteiger partial charge in [-0.3, -0.25) is 4.68 Å². The van der Waals surface area contributed by atoms with Gasteiger partial charge < -0.3 is 5.32 Å². The number of thiazole rings is 1. The summed E-state index contributed by atoms with van der Waals surface area (Å²) in [5.74, 6) is 0. The molecule has 0 atom stereocenters. The van der Waals surface area contributed by atoms with Crippen LogP contribution in [0.3, 0.4) is 0 Å². The second-order valence-electron chi connectivity index (χ2n) is 4.15. The van der Waals surface area contributed by atoms with E-state index in [1.807, 2.05) is 37.0 Å². The molecule has 0 aliphatic heterocycles. The lowest BCUT2D eigenvalue weighted by Gasteiger charge is -2.04. The van der Waals surface area contributed by atoms with Crippen LogP contribution in [0.5, 0.6) is 0 Å². The van der Waals surface area contributed by atoms with E-state index in [0.717, 1.165) is 22.0 Å². The fourth-order valence-electron chi connectivity index (χ4n) is 1.77. The summed E-state index contributed by atoms with van der Waals surface area (Å²) in [6, 6.07) is 8.23. The van der Waals surface area contributed by atoms with Gasteiger partial charge in [0.1, 0.15) is 10.7 Å². The van der Waals surface area contributed by atoms with Crippen LogP contribution in [0.1, 0.15) is 5.69 Å². The van der Waals surface area contributed by atoms with Gasteiger partial charge in [-0.05, 0) is 24.3 Å². The highest BCUT2D eigenvalue weighted by Gasteiger charge is 2.01. The standard InChI is InChI=1S/C13H13N5S/c1-18-9-12(16-17-18)8-15-11-4-2-10(3-5-11)13-14-6-7-19-13/h2-7,9,15H,8H2,1H3. The van der Waals surface area contributed by atoms with Crippen LogP contribution < -0.4 is 5.32 Å². The Hall–Kier alpha value is -2.21. The minimum atomic E-state index is 0.671. The van der Waals surface area contributed by atoms with Gasteiger partial charge in [-0.2, -0.15) is 0 Å². The molecule has 0 saturated carbocycles. The first-order valence-electron chi connectivity index (χ1n) is 5.90. The van der Waals surface area contributed by atoms with Gasteiger partial charge in [-0.25, -0.2) is 4.98 Å². The van der Waals surface area contributed by atoms with Crippen LogP contribution in [0.15, 0.2) is 42.0 Å². The van der Waals surface area contributed by atoms with E-state index in [1.54, 1.807) is 16.0 Å². The highest BCUT2D eigenvalue weighted by atomic mass is 32.1. The smallest absolute Gasteiger partial charge is 0.123 e. The van der Waals surface area contributed by atoms with Gasteiger partial charge >= 0.3 is 0 Å². The maximum absolute atomic E-state index is 4.29. The number of hydrogen-bond donors (Lipinski definition) is 1. The Labute approximate surface area is 114 Å². The number of aryl methyl sites for hydroxylation is 1. The summed E-state index contributed by atoms with van der Waals surface area (Å²) < 4.78 is 1.70. The van der Waals surface area contributed by atoms with Gasteiger partial charge in [0.2, 0.25) is 0 Å². The molecular weight excluding hydrogens is 258 g/mol. The molecule has 0 aliphatic carbocycles. The first-order chi connectivity index (χ1) is 9.31. The molecule has 0 amide bonds. The van der Waals surface area contributed by atoms with Crippen molar-refractivity contribution in [3.63, 3.8) is 0 Å². The van der Waals surface area contributed by atoms with Crippen LogP contribution in [0, 0.1) is 0 Å². The zero-order chi connectivity index (χ0) is 13.1. The Morgan fingerprint density at radius 2 is 2.11 bits per heavy atom. The maximum atomic E-state index is 4.29. The number of anilines is 1. The zero-order valence-corrected chi connectivity index (χ0v) is 11.3. The quantitative estimate of drug-likeness (QED) is 0.792. The molecule has 0 saturated heterocycles. The lowest BCUT2D eigenvalue weighted by atomic mass is 10.2. The summed E-state index contributed by atoms with van der Waals surface area (Å²) in [6.07, 6.45) is 3.72. The van der Waals surface area contributed by atoms with E-state index in [0.29, 0.717) is 6.54 Å². The van der Waals surface area contributed by atoms with Crippen molar-refractivity contribution in [1.82, 2.24) is 20.0 Å². The summed E-state index contributed by atoms with van der Waals surface area (Å²) in [5, 5.41) is 14.3. The van der Waals surface area contributed by atoms with Crippen molar-refractivity contribution in [2.24, 2.45) is 7.05 Å². The van der Waals surface area contributed by atoms with Gasteiger partial charge in [-0.15, -0.1) is 16.4 Å². The summed E-state index contributed by atoms with van der Waals surface area (Å²) in [7, 11) is 1.86. The summed E-state index contributed by atoms with van der Waals surface area (Å²) in [5.41, 5.74) is 3.12. The van der Waals surface area contributed by atoms with Crippen molar-refractivity contribution in [3.05, 3.63) is 47.7 Å². The highest BCUT2D eigenvalue weighted by molar-refractivity contribution is 7.13. The summed E-state index contributed by atoms with van der Waals surface area (Å²) in [6.45, 7) is 0.671. The third-order valence-electron chi connectivity index (χ3n) is 2.69. The molecule has 0 radical (unpaired) electrons. The molecule has 3 rings (SSSR count). The van der Waals surface area contributed by atoms with Crippen LogP contribution in [0.2, 0.25) is 0 Å². The topological polar surface area (TPSA) is 55.6 Å². The molecule has 1 aromatic carbocycles. The Kier molecular flexibility index (Phi) is 3.24. The van der Waals surface area contributed by atoms with E-state index in [1.165, 1.54) is 0 Å². The number of benzene rings is 1. The van der Waals surface area contributed by atoms with Crippen molar-refractivity contribution < 1.29 is 0 Å². The number of hydrogen-bond acceptors (Lipinski definition) is 5. The van der Waals surface area contributed by atoms with E-state index in [-0.39, 0.29) is 0 Å². The first kappa shape index (κ1) is 11.9. The average molecular weight is 271 g/mol. The first-order valence-corrected chi connectivity index (χ1v) is 6.78. The lowest BCUT2D eigenvalue weighted by molar-refractivity contribution is 0.713. The molecule has 0 bridgehead atoms. The van der Waals surface area contributed by atoms with Crippen LogP contribution in [0.4, 0.5) is 5.69 Å². The molecule has 5 nitrogen and oxygen atoms in total. The van der Waals surface area contributed by atoms with E-state index >= 15 is 0 Å². The Morgan fingerprint density at radius 1 is 1.26 bits per heavy atom. The van der Waals surface area contributed by atoms with Crippen molar-refractivity contribution in [3.8, 4) is 10.6 Å². The minimum Gasteiger partial charge on any atom is -0.379 e. The SMILES string of the molecule is Cn1cc(CNc2ccc(-c3nccs3)cc2)nn1. The third-order valence-corrected chi connectivity index (χ3v) is 3.51. The monoisotopic (exact) mass is 271 g/mol. The van der Waals surface area contributed by atoms with E-state index in [9.17, 15) is 0 Å². The summed E-state index contributed by atoms with van der Waals surface area (Å²) >= 11 is 1.64. The Bertz CT molecular complexity index is 642. The molecule has 0 aliphatic rings. The second-order valence-corrected chi connectivity index (χ2v) is 5.05. The van der Waals surface area contributed by atoms with E-state index in [2.05, 4.69) is 32.7 Å². The fraction of sp³-hybridized carbons (Fsp3) is 0.154. The van der Waals surface area contributed by atoms with E-state index < -0.39 is 0 Å². The van der Waals surface area contributed by atoms with Crippen molar-refractivity contribution in [1.29, 1.82) is 0 Å². The molecule has 0 unspecified atom stereocenters. The molecule has 1 N–H and O–H groups in total. The highest BCUT2D eigenvalue weighted by Crippen LogP contribution is 2.23. The fourth-order valence-corrected chi connectivity index (χ4v) is 2.41. The molecule has 2 heterocycles. The van der Waals surface area contributed by atoms with Crippen molar-refractivity contribution in [2.45, 2.75) is 6.54 Å². The zero-order valence-electron chi connectivity index (χ0n) is 10.4. The third kappa shape index (κ3) is 2.79. The Balaban J connectivity index is 1.66. The number of nitrogens with zero attached hydrogens (tertiary/aromatic N) is 4. The molecule has 2 aromatic heterocycles. The maximum Gasteiger partial charge on any atom is 0.123 e. The van der Waals surface area contributed by atoms with Crippen LogP contribution in [0.25, 0.3) is 10.6 Å². The van der Waals surface area contributed by atoms with Crippen LogP contribution >= 0.6 is 11.3 Å². The minimum absolute atomic E-state index is 0.671. The Morgan fingerprint density at radius 3 is 2.74 bits per heavy atom. The molecular formula is C13H13N5S. The van der Waals surface area contributed by atoms with Gasteiger partial charge in [-0.1, -0.05) is 5.21 Å². The summed E-state index contributed by atoms with van der Waals surface area (Å²) in [4.78, 5) is 4.29. The van der Waals surface area contributed by atoms with Gasteiger partial charge in [0.25, 0.3) is 0 Å². The van der Waals surface area contributed by atoms with Gasteiger partial charge in [0, 0.05) is 36.1 Å². The number of aromatic nitrogens is 4. The van der Waals surface area contributed by atoms with Crippen molar-refractivity contribution in [2.75, 3.05) is 5.32 Å². The van der Waals surface area contributed by atoms with Gasteiger partial charge in [0.15, 0.2) is 0 Å². The van der Waals surface area contributed by atoms with Crippen LogP contribution in [-0.2, 0) is 13.6 Å². The predicted octanol–water partition coefficient (Wildman–Crippen LogP) is 2.55. The molecule has 0 fully saturated rings. The molecule has 0 spiro atoms. The number of rotatable bonds is 4. The van der Waals surface area contributed by atoms with E-state index in [4.69, 9.17) is 0 Å². The second kappa shape index (κ2) is 5.19. The normalized spacial score (nSPS) is 10.6. The predicted molar refractivity (Wildman–Crippen MR) is 75.9 cm³/mol. The molecule has 19 heavy (non-hydrogen) atoms. The molecule has 3 aromatic rings. The van der Waals surface area contributed by atoms with Crippen molar-refractivity contribution >= 4 is 17.0 Å². The van der Waals surface area contributed by atoms with Gasteiger partial charge in [0.05, 0.1) is 6.54 Å². The van der Waals surface area contributed by atoms with Crippen LogP contribution in [-0.4, -0.2) is 20.0 Å². The molecule has 6 heteroatoms. The number of nitrogens with one attached hydrogen (secondary N) is 1.